The minimum atomic E-state index is -0.604. The Labute approximate surface area is 111 Å². The normalized spacial score (nSPS) is 9.58. The Morgan fingerprint density at radius 3 is 2.21 bits per heavy atom. The molecule has 1 rings (SSSR count). The first-order chi connectivity index (χ1) is 9.05. The van der Waals surface area contributed by atoms with E-state index >= 15 is 0 Å². The van der Waals surface area contributed by atoms with Crippen LogP contribution in [-0.4, -0.2) is 24.9 Å². The SMILES string of the molecule is CCC(=O)Nc1cccc(NC(=O)CC(=O)OC)c1. The third-order valence-corrected chi connectivity index (χ3v) is 2.28. The summed E-state index contributed by atoms with van der Waals surface area (Å²) in [6.07, 6.45) is 0.0287. The maximum absolute atomic E-state index is 11.5. The van der Waals surface area contributed by atoms with Crippen LogP contribution in [0.25, 0.3) is 0 Å². The van der Waals surface area contributed by atoms with Crippen LogP contribution in [0, 0.1) is 0 Å². The smallest absolute Gasteiger partial charge is 0.315 e. The van der Waals surface area contributed by atoms with Gasteiger partial charge in [0.05, 0.1) is 7.11 Å². The van der Waals surface area contributed by atoms with Gasteiger partial charge >= 0.3 is 5.97 Å². The molecule has 0 aliphatic carbocycles. The zero-order valence-electron chi connectivity index (χ0n) is 10.9. The summed E-state index contributed by atoms with van der Waals surface area (Å²) in [5.41, 5.74) is 1.09. The van der Waals surface area contributed by atoms with Gasteiger partial charge in [-0.3, -0.25) is 14.4 Å². The summed E-state index contributed by atoms with van der Waals surface area (Å²) in [4.78, 5) is 33.6. The molecule has 0 aromatic heterocycles. The molecule has 0 fully saturated rings. The lowest BCUT2D eigenvalue weighted by Crippen LogP contribution is -2.17. The van der Waals surface area contributed by atoms with Gasteiger partial charge in [-0.05, 0) is 18.2 Å². The van der Waals surface area contributed by atoms with Gasteiger partial charge in [-0.1, -0.05) is 13.0 Å². The van der Waals surface area contributed by atoms with E-state index in [0.717, 1.165) is 0 Å². The van der Waals surface area contributed by atoms with E-state index in [4.69, 9.17) is 0 Å². The molecule has 102 valence electrons. The molecule has 0 heterocycles. The first kappa shape index (κ1) is 14.7. The molecule has 19 heavy (non-hydrogen) atoms. The van der Waals surface area contributed by atoms with E-state index < -0.39 is 11.9 Å². The highest BCUT2D eigenvalue weighted by Gasteiger charge is 2.09. The van der Waals surface area contributed by atoms with Crippen LogP contribution in [0.3, 0.4) is 0 Å². The molecule has 0 radical (unpaired) electrons. The molecule has 0 unspecified atom stereocenters. The van der Waals surface area contributed by atoms with Crippen LogP contribution in [0.5, 0.6) is 0 Å². The summed E-state index contributed by atoms with van der Waals surface area (Å²) in [7, 11) is 1.22. The van der Waals surface area contributed by atoms with Crippen molar-refractivity contribution in [2.75, 3.05) is 17.7 Å². The number of rotatable bonds is 5. The quantitative estimate of drug-likeness (QED) is 0.624. The van der Waals surface area contributed by atoms with Crippen LogP contribution in [-0.2, 0) is 19.1 Å². The molecule has 0 spiro atoms. The topological polar surface area (TPSA) is 84.5 Å². The maximum atomic E-state index is 11.5. The monoisotopic (exact) mass is 264 g/mol. The van der Waals surface area contributed by atoms with Gasteiger partial charge in [0.25, 0.3) is 0 Å². The molecular weight excluding hydrogens is 248 g/mol. The second kappa shape index (κ2) is 7.15. The van der Waals surface area contributed by atoms with E-state index in [2.05, 4.69) is 15.4 Å². The summed E-state index contributed by atoms with van der Waals surface area (Å²) in [6.45, 7) is 1.75. The van der Waals surface area contributed by atoms with E-state index in [1.54, 1.807) is 31.2 Å². The average molecular weight is 264 g/mol. The summed E-state index contributed by atoms with van der Waals surface area (Å²) < 4.78 is 4.39. The van der Waals surface area contributed by atoms with E-state index in [-0.39, 0.29) is 12.3 Å². The van der Waals surface area contributed by atoms with Crippen LogP contribution >= 0.6 is 0 Å². The maximum Gasteiger partial charge on any atom is 0.315 e. The van der Waals surface area contributed by atoms with E-state index in [1.165, 1.54) is 7.11 Å². The summed E-state index contributed by atoms with van der Waals surface area (Å²) in [6, 6.07) is 6.68. The van der Waals surface area contributed by atoms with Gasteiger partial charge in [-0.25, -0.2) is 0 Å². The van der Waals surface area contributed by atoms with E-state index in [0.29, 0.717) is 17.8 Å². The van der Waals surface area contributed by atoms with Crippen molar-refractivity contribution in [2.45, 2.75) is 19.8 Å². The van der Waals surface area contributed by atoms with E-state index in [9.17, 15) is 14.4 Å². The van der Waals surface area contributed by atoms with Gasteiger partial charge in [-0.15, -0.1) is 0 Å². The number of methoxy groups -OCH3 is 1. The highest BCUT2D eigenvalue weighted by atomic mass is 16.5. The lowest BCUT2D eigenvalue weighted by molar-refractivity contribution is -0.142. The predicted molar refractivity (Wildman–Crippen MR) is 70.6 cm³/mol. The number of hydrogen-bond donors (Lipinski definition) is 2. The van der Waals surface area contributed by atoms with Crippen molar-refractivity contribution < 1.29 is 19.1 Å². The summed E-state index contributed by atoms with van der Waals surface area (Å²) in [5.74, 6) is -1.18. The van der Waals surface area contributed by atoms with Gasteiger partial charge in [-0.2, -0.15) is 0 Å². The van der Waals surface area contributed by atoms with Crippen LogP contribution in [0.15, 0.2) is 24.3 Å². The lowest BCUT2D eigenvalue weighted by atomic mass is 10.2. The molecule has 6 nitrogen and oxygen atoms in total. The number of hydrogen-bond acceptors (Lipinski definition) is 4. The van der Waals surface area contributed by atoms with Gasteiger partial charge in [0.2, 0.25) is 11.8 Å². The van der Waals surface area contributed by atoms with Crippen LogP contribution in [0.2, 0.25) is 0 Å². The molecule has 1 aromatic rings. The fraction of sp³-hybridized carbons (Fsp3) is 0.308. The van der Waals surface area contributed by atoms with Crippen molar-refractivity contribution in [1.82, 2.24) is 0 Å². The minimum absolute atomic E-state index is 0.113. The number of ether oxygens (including phenoxy) is 1. The van der Waals surface area contributed by atoms with Crippen molar-refractivity contribution in [3.05, 3.63) is 24.3 Å². The number of benzene rings is 1. The van der Waals surface area contributed by atoms with Crippen molar-refractivity contribution >= 4 is 29.2 Å². The zero-order valence-corrected chi connectivity index (χ0v) is 10.9. The second-order valence-corrected chi connectivity index (χ2v) is 3.78. The van der Waals surface area contributed by atoms with Gasteiger partial charge in [0.15, 0.2) is 0 Å². The van der Waals surface area contributed by atoms with Crippen molar-refractivity contribution in [3.63, 3.8) is 0 Å². The zero-order chi connectivity index (χ0) is 14.3. The Morgan fingerprint density at radius 2 is 1.68 bits per heavy atom. The van der Waals surface area contributed by atoms with Crippen molar-refractivity contribution in [2.24, 2.45) is 0 Å². The number of esters is 1. The average Bonchev–Trinajstić information content (AvgIpc) is 2.38. The molecular formula is C13H16N2O4. The molecule has 0 aliphatic heterocycles. The summed E-state index contributed by atoms with van der Waals surface area (Å²) in [5, 5.41) is 5.22. The third-order valence-electron chi connectivity index (χ3n) is 2.28. The van der Waals surface area contributed by atoms with Gasteiger partial charge < -0.3 is 15.4 Å². The highest BCUT2D eigenvalue weighted by molar-refractivity contribution is 6.02. The van der Waals surface area contributed by atoms with Gasteiger partial charge in [0, 0.05) is 17.8 Å². The first-order valence-electron chi connectivity index (χ1n) is 5.81. The molecule has 1 aromatic carbocycles. The Kier molecular flexibility index (Phi) is 5.53. The number of carbonyl (C=O) groups excluding carboxylic acids is 3. The Morgan fingerprint density at radius 1 is 1.11 bits per heavy atom. The van der Waals surface area contributed by atoms with Crippen LogP contribution < -0.4 is 10.6 Å². The fourth-order valence-corrected chi connectivity index (χ4v) is 1.33. The van der Waals surface area contributed by atoms with Gasteiger partial charge in [0.1, 0.15) is 6.42 Å². The summed E-state index contributed by atoms with van der Waals surface area (Å²) >= 11 is 0. The Hall–Kier alpha value is -2.37. The number of nitrogens with one attached hydrogen (secondary N) is 2. The number of anilines is 2. The molecule has 2 N–H and O–H groups in total. The standard InChI is InChI=1S/C13H16N2O4/c1-3-11(16)14-9-5-4-6-10(7-9)15-12(17)8-13(18)19-2/h4-7H,3,8H2,1-2H3,(H,14,16)(H,15,17). The molecule has 2 amide bonds. The predicted octanol–water partition coefficient (Wildman–Crippen LogP) is 1.54. The number of carbonyl (C=O) groups is 3. The largest absolute Gasteiger partial charge is 0.469 e. The van der Waals surface area contributed by atoms with Crippen molar-refractivity contribution in [1.29, 1.82) is 0 Å². The number of amides is 2. The highest BCUT2D eigenvalue weighted by Crippen LogP contribution is 2.15. The lowest BCUT2D eigenvalue weighted by Gasteiger charge is -2.07. The molecule has 0 bridgehead atoms. The third kappa shape index (κ3) is 5.20. The molecule has 6 heteroatoms. The second-order valence-electron chi connectivity index (χ2n) is 3.78. The van der Waals surface area contributed by atoms with Crippen LogP contribution in [0.1, 0.15) is 19.8 Å². The van der Waals surface area contributed by atoms with Crippen molar-refractivity contribution in [3.8, 4) is 0 Å². The van der Waals surface area contributed by atoms with E-state index in [1.807, 2.05) is 0 Å². The molecule has 0 saturated heterocycles. The van der Waals surface area contributed by atoms with Crippen LogP contribution in [0.4, 0.5) is 11.4 Å². The molecule has 0 aliphatic rings. The minimum Gasteiger partial charge on any atom is -0.469 e. The molecule has 0 saturated carbocycles. The molecule has 0 atom stereocenters. The first-order valence-corrected chi connectivity index (χ1v) is 5.81. The Balaban J connectivity index is 2.64. The Bertz CT molecular complexity index is 485. The fourth-order valence-electron chi connectivity index (χ4n) is 1.33.